The highest BCUT2D eigenvalue weighted by atomic mass is 19.4. The highest BCUT2D eigenvalue weighted by molar-refractivity contribution is 5.89. The van der Waals surface area contributed by atoms with E-state index in [1.807, 2.05) is 0 Å². The topological polar surface area (TPSA) is 52.6 Å². The second kappa shape index (κ2) is 7.38. The van der Waals surface area contributed by atoms with Crippen LogP contribution in [0, 0.1) is 11.6 Å². The van der Waals surface area contributed by atoms with E-state index in [0.29, 0.717) is 17.7 Å². The molecule has 150 valence electrons. The lowest BCUT2D eigenvalue weighted by molar-refractivity contribution is -0.137. The van der Waals surface area contributed by atoms with E-state index in [1.165, 1.54) is 29.2 Å². The molecule has 0 spiro atoms. The number of aliphatic hydroxyl groups is 1. The van der Waals surface area contributed by atoms with Crippen molar-refractivity contribution in [1.29, 1.82) is 0 Å². The maximum absolute atomic E-state index is 13.4. The summed E-state index contributed by atoms with van der Waals surface area (Å²) in [6.45, 7) is 0.252. The van der Waals surface area contributed by atoms with Crippen LogP contribution in [0.3, 0.4) is 0 Å². The molecule has 1 saturated heterocycles. The largest absolute Gasteiger partial charge is 0.416 e. The molecule has 0 unspecified atom stereocenters. The van der Waals surface area contributed by atoms with Gasteiger partial charge in [0.15, 0.2) is 0 Å². The number of halogens is 5. The number of nitrogens with zero attached hydrogens (tertiary/aromatic N) is 1. The van der Waals surface area contributed by atoms with Crippen LogP contribution in [0.25, 0.3) is 0 Å². The first-order valence-electron chi connectivity index (χ1n) is 8.49. The Morgan fingerprint density at radius 1 is 1.00 bits per heavy atom. The molecular formula is C19H17F5N2O2. The van der Waals surface area contributed by atoms with Crippen LogP contribution in [0.5, 0.6) is 0 Å². The Balaban J connectivity index is 1.66. The first-order valence-corrected chi connectivity index (χ1v) is 8.49. The zero-order valence-corrected chi connectivity index (χ0v) is 14.6. The number of benzene rings is 2. The Labute approximate surface area is 157 Å². The number of hydrogen-bond donors (Lipinski definition) is 2. The number of carbonyl (C=O) groups excluding carboxylic acids is 1. The van der Waals surface area contributed by atoms with Gasteiger partial charge in [0.1, 0.15) is 11.6 Å². The molecule has 0 radical (unpaired) electrons. The number of alkyl halides is 3. The van der Waals surface area contributed by atoms with Gasteiger partial charge in [0.05, 0.1) is 11.2 Å². The minimum absolute atomic E-state index is 0.126. The summed E-state index contributed by atoms with van der Waals surface area (Å²) >= 11 is 0. The second-order valence-corrected chi connectivity index (χ2v) is 6.68. The normalized spacial score (nSPS) is 16.7. The molecule has 2 aromatic rings. The van der Waals surface area contributed by atoms with Crippen molar-refractivity contribution in [2.75, 3.05) is 18.4 Å². The number of likely N-dealkylation sites (tertiary alicyclic amines) is 1. The second-order valence-electron chi connectivity index (χ2n) is 6.68. The van der Waals surface area contributed by atoms with Gasteiger partial charge in [0.2, 0.25) is 0 Å². The number of nitrogens with one attached hydrogen (secondary N) is 1. The number of rotatable bonds is 2. The van der Waals surface area contributed by atoms with Gasteiger partial charge in [-0.3, -0.25) is 0 Å². The summed E-state index contributed by atoms with van der Waals surface area (Å²) in [4.78, 5) is 13.6. The fourth-order valence-electron chi connectivity index (χ4n) is 3.16. The number of amides is 2. The zero-order chi connectivity index (χ0) is 20.5. The summed E-state index contributed by atoms with van der Waals surface area (Å²) in [6, 6.07) is 6.50. The van der Waals surface area contributed by atoms with E-state index < -0.39 is 35.0 Å². The Bertz CT molecular complexity index is 860. The molecule has 1 fully saturated rings. The Morgan fingerprint density at radius 2 is 1.61 bits per heavy atom. The van der Waals surface area contributed by atoms with E-state index >= 15 is 0 Å². The number of piperidine rings is 1. The summed E-state index contributed by atoms with van der Waals surface area (Å²) in [7, 11) is 0. The monoisotopic (exact) mass is 400 g/mol. The molecular weight excluding hydrogens is 383 g/mol. The molecule has 0 aliphatic carbocycles. The number of carbonyl (C=O) groups is 1. The van der Waals surface area contributed by atoms with Crippen LogP contribution in [0.1, 0.15) is 24.0 Å². The molecule has 1 aliphatic heterocycles. The summed E-state index contributed by atoms with van der Waals surface area (Å²) in [5.41, 5.74) is -2.22. The van der Waals surface area contributed by atoms with Gasteiger partial charge in [0.25, 0.3) is 0 Å². The van der Waals surface area contributed by atoms with E-state index in [2.05, 4.69) is 5.32 Å². The highest BCUT2D eigenvalue weighted by Crippen LogP contribution is 2.34. The van der Waals surface area contributed by atoms with Crippen LogP contribution in [0.2, 0.25) is 0 Å². The first-order chi connectivity index (χ1) is 13.1. The summed E-state index contributed by atoms with van der Waals surface area (Å²) in [5, 5.41) is 13.0. The van der Waals surface area contributed by atoms with Gasteiger partial charge in [-0.15, -0.1) is 0 Å². The van der Waals surface area contributed by atoms with Crippen molar-refractivity contribution in [1.82, 2.24) is 4.90 Å². The van der Waals surface area contributed by atoms with E-state index in [9.17, 15) is 31.9 Å². The van der Waals surface area contributed by atoms with Crippen molar-refractivity contribution < 1.29 is 31.9 Å². The van der Waals surface area contributed by atoms with Crippen molar-refractivity contribution in [3.05, 3.63) is 65.2 Å². The average Bonchev–Trinajstić information content (AvgIpc) is 2.61. The van der Waals surface area contributed by atoms with Crippen LogP contribution in [-0.2, 0) is 11.8 Å². The lowest BCUT2D eigenvalue weighted by atomic mass is 9.84. The van der Waals surface area contributed by atoms with Crippen molar-refractivity contribution in [2.45, 2.75) is 24.6 Å². The molecule has 0 aromatic heterocycles. The minimum Gasteiger partial charge on any atom is -0.385 e. The maximum Gasteiger partial charge on any atom is 0.416 e. The number of hydrogen-bond acceptors (Lipinski definition) is 2. The predicted molar refractivity (Wildman–Crippen MR) is 91.5 cm³/mol. The summed E-state index contributed by atoms with van der Waals surface area (Å²) in [5.74, 6) is -1.55. The predicted octanol–water partition coefficient (Wildman–Crippen LogP) is 4.50. The van der Waals surface area contributed by atoms with Gasteiger partial charge < -0.3 is 15.3 Å². The maximum atomic E-state index is 13.4. The number of urea groups is 1. The molecule has 28 heavy (non-hydrogen) atoms. The molecule has 1 aliphatic rings. The molecule has 0 atom stereocenters. The van der Waals surface area contributed by atoms with Gasteiger partial charge in [-0.2, -0.15) is 13.2 Å². The van der Waals surface area contributed by atoms with E-state index in [-0.39, 0.29) is 31.6 Å². The molecule has 0 saturated carbocycles. The highest BCUT2D eigenvalue weighted by Gasteiger charge is 2.36. The van der Waals surface area contributed by atoms with Crippen molar-refractivity contribution in [3.8, 4) is 0 Å². The first kappa shape index (κ1) is 20.1. The molecule has 9 heteroatoms. The van der Waals surface area contributed by atoms with Crippen LogP contribution in [-0.4, -0.2) is 29.1 Å². The van der Waals surface area contributed by atoms with E-state index in [0.717, 1.165) is 6.07 Å². The van der Waals surface area contributed by atoms with E-state index in [4.69, 9.17) is 0 Å². The fourth-order valence-corrected chi connectivity index (χ4v) is 3.16. The molecule has 4 nitrogen and oxygen atoms in total. The van der Waals surface area contributed by atoms with Gasteiger partial charge >= 0.3 is 12.2 Å². The smallest absolute Gasteiger partial charge is 0.385 e. The van der Waals surface area contributed by atoms with Crippen LogP contribution in [0.4, 0.5) is 32.4 Å². The SMILES string of the molecule is O=C(Nc1cc(F)cc(C(F)(F)F)c1)N1CCC(O)(c2ccc(F)cc2)CC1. The van der Waals surface area contributed by atoms with Gasteiger partial charge in [-0.25, -0.2) is 13.6 Å². The quantitative estimate of drug-likeness (QED) is 0.730. The standard InChI is InChI=1S/C19H17F5N2O2/c20-14-3-1-12(2-4-14)18(28)5-7-26(8-6-18)17(27)25-16-10-13(19(22,23)24)9-15(21)11-16/h1-4,9-11,28H,5-8H2,(H,25,27). The third-order valence-corrected chi connectivity index (χ3v) is 4.74. The van der Waals surface area contributed by atoms with E-state index in [1.54, 1.807) is 0 Å². The third kappa shape index (κ3) is 4.41. The lowest BCUT2D eigenvalue weighted by Crippen LogP contribution is -2.46. The van der Waals surface area contributed by atoms with Crippen molar-refractivity contribution in [3.63, 3.8) is 0 Å². The Morgan fingerprint density at radius 3 is 2.18 bits per heavy atom. The van der Waals surface area contributed by atoms with Crippen LogP contribution >= 0.6 is 0 Å². The third-order valence-electron chi connectivity index (χ3n) is 4.74. The Hall–Kier alpha value is -2.68. The zero-order valence-electron chi connectivity index (χ0n) is 14.6. The minimum atomic E-state index is -4.74. The van der Waals surface area contributed by atoms with Crippen molar-refractivity contribution in [2.24, 2.45) is 0 Å². The average molecular weight is 400 g/mol. The van der Waals surface area contributed by atoms with Crippen LogP contribution < -0.4 is 5.32 Å². The van der Waals surface area contributed by atoms with Gasteiger partial charge in [0, 0.05) is 18.8 Å². The molecule has 3 rings (SSSR count). The summed E-state index contributed by atoms with van der Waals surface area (Å²) in [6.07, 6.45) is -4.40. The summed E-state index contributed by atoms with van der Waals surface area (Å²) < 4.78 is 64.8. The molecule has 2 amide bonds. The Kier molecular flexibility index (Phi) is 5.29. The fraction of sp³-hybridized carbons (Fsp3) is 0.316. The molecule has 1 heterocycles. The molecule has 0 bridgehead atoms. The van der Waals surface area contributed by atoms with Gasteiger partial charge in [-0.05, 0) is 48.7 Å². The van der Waals surface area contributed by atoms with Crippen molar-refractivity contribution >= 4 is 11.7 Å². The lowest BCUT2D eigenvalue weighted by Gasteiger charge is -2.38. The molecule has 2 N–H and O–H groups in total. The van der Waals surface area contributed by atoms with Gasteiger partial charge in [-0.1, -0.05) is 12.1 Å². The molecule has 2 aromatic carbocycles. The van der Waals surface area contributed by atoms with Crippen LogP contribution in [0.15, 0.2) is 42.5 Å². The number of anilines is 1.